The zero-order valence-corrected chi connectivity index (χ0v) is 14.2. The van der Waals surface area contributed by atoms with Crippen molar-refractivity contribution in [3.05, 3.63) is 52.2 Å². The van der Waals surface area contributed by atoms with Crippen LogP contribution in [0.1, 0.15) is 15.5 Å². The molecule has 8 nitrogen and oxygen atoms in total. The van der Waals surface area contributed by atoms with Crippen LogP contribution >= 0.6 is 11.3 Å². The zero-order valence-electron chi connectivity index (χ0n) is 13.4. The normalized spacial score (nSPS) is 10.8. The molecular formula is C16H11FN6O2S. The quantitative estimate of drug-likeness (QED) is 0.570. The first-order valence-electron chi connectivity index (χ1n) is 7.47. The second-order valence-corrected chi connectivity index (χ2v) is 6.35. The van der Waals surface area contributed by atoms with E-state index < -0.39 is 5.91 Å². The van der Waals surface area contributed by atoms with Crippen molar-refractivity contribution < 1.29 is 13.6 Å². The van der Waals surface area contributed by atoms with E-state index in [1.165, 1.54) is 23.5 Å². The zero-order chi connectivity index (χ0) is 18.1. The second kappa shape index (κ2) is 6.48. The molecule has 0 fully saturated rings. The van der Waals surface area contributed by atoms with Crippen LogP contribution in [0.25, 0.3) is 22.8 Å². The lowest BCUT2D eigenvalue weighted by Gasteiger charge is -1.96. The van der Waals surface area contributed by atoms with E-state index in [1.807, 2.05) is 6.92 Å². The summed E-state index contributed by atoms with van der Waals surface area (Å²) in [5, 5.41) is 19.5. The van der Waals surface area contributed by atoms with Crippen LogP contribution in [0.2, 0.25) is 0 Å². The lowest BCUT2D eigenvalue weighted by atomic mass is 10.1. The highest BCUT2D eigenvalue weighted by Gasteiger charge is 2.16. The minimum atomic E-state index is -0.490. The Bertz CT molecular complexity index is 1070. The SMILES string of the molecule is Cc1nc(-c2nnc(NC(=O)c3cc(-c4ccc(F)cc4)n[nH]3)o2)cs1. The first-order valence-corrected chi connectivity index (χ1v) is 8.35. The fraction of sp³-hybridized carbons (Fsp3) is 0.0625. The highest BCUT2D eigenvalue weighted by Crippen LogP contribution is 2.22. The molecule has 0 radical (unpaired) electrons. The Morgan fingerprint density at radius 2 is 2.04 bits per heavy atom. The molecule has 10 heteroatoms. The number of thiazole rings is 1. The van der Waals surface area contributed by atoms with Gasteiger partial charge < -0.3 is 4.42 Å². The van der Waals surface area contributed by atoms with Crippen molar-refractivity contribution >= 4 is 23.3 Å². The van der Waals surface area contributed by atoms with Gasteiger partial charge in [-0.2, -0.15) is 5.10 Å². The van der Waals surface area contributed by atoms with Crippen LogP contribution in [0.3, 0.4) is 0 Å². The van der Waals surface area contributed by atoms with Gasteiger partial charge in [0.1, 0.15) is 17.2 Å². The van der Waals surface area contributed by atoms with Crippen LogP contribution in [-0.4, -0.2) is 31.3 Å². The topological polar surface area (TPSA) is 110 Å². The molecule has 3 aromatic heterocycles. The highest BCUT2D eigenvalue weighted by atomic mass is 32.1. The fourth-order valence-corrected chi connectivity index (χ4v) is 2.80. The molecule has 26 heavy (non-hydrogen) atoms. The minimum Gasteiger partial charge on any atom is -0.401 e. The molecule has 0 aliphatic rings. The molecule has 4 rings (SSSR count). The molecule has 4 aromatic rings. The third kappa shape index (κ3) is 3.22. The first kappa shape index (κ1) is 16.1. The molecule has 1 amide bonds. The Morgan fingerprint density at radius 1 is 1.23 bits per heavy atom. The second-order valence-electron chi connectivity index (χ2n) is 5.29. The summed E-state index contributed by atoms with van der Waals surface area (Å²) in [6.45, 7) is 1.87. The molecule has 1 aromatic carbocycles. The highest BCUT2D eigenvalue weighted by molar-refractivity contribution is 7.09. The number of carbonyl (C=O) groups excluding carboxylic acids is 1. The number of halogens is 1. The lowest BCUT2D eigenvalue weighted by Crippen LogP contribution is -2.12. The van der Waals surface area contributed by atoms with Crippen LogP contribution in [0.5, 0.6) is 0 Å². The van der Waals surface area contributed by atoms with E-state index in [4.69, 9.17) is 4.42 Å². The fourth-order valence-electron chi connectivity index (χ4n) is 2.21. The monoisotopic (exact) mass is 370 g/mol. The number of rotatable bonds is 4. The van der Waals surface area contributed by atoms with Gasteiger partial charge in [-0.15, -0.1) is 16.4 Å². The van der Waals surface area contributed by atoms with E-state index in [1.54, 1.807) is 23.6 Å². The maximum Gasteiger partial charge on any atom is 0.322 e. The predicted octanol–water partition coefficient (Wildman–Crippen LogP) is 3.28. The van der Waals surface area contributed by atoms with Gasteiger partial charge >= 0.3 is 6.01 Å². The van der Waals surface area contributed by atoms with Crippen LogP contribution in [0.4, 0.5) is 10.4 Å². The number of aryl methyl sites for hydroxylation is 1. The number of H-pyrrole nitrogens is 1. The summed E-state index contributed by atoms with van der Waals surface area (Å²) < 4.78 is 18.4. The summed E-state index contributed by atoms with van der Waals surface area (Å²) in [6, 6.07) is 7.30. The molecule has 0 atom stereocenters. The number of benzene rings is 1. The van der Waals surface area contributed by atoms with Crippen molar-refractivity contribution in [2.24, 2.45) is 0 Å². The molecule has 0 spiro atoms. The molecule has 0 aliphatic carbocycles. The Labute approximate surface area is 150 Å². The predicted molar refractivity (Wildman–Crippen MR) is 92.1 cm³/mol. The lowest BCUT2D eigenvalue weighted by molar-refractivity contribution is 0.101. The maximum absolute atomic E-state index is 13.0. The van der Waals surface area contributed by atoms with E-state index in [9.17, 15) is 9.18 Å². The van der Waals surface area contributed by atoms with Crippen molar-refractivity contribution in [3.63, 3.8) is 0 Å². The summed E-state index contributed by atoms with van der Waals surface area (Å²) in [7, 11) is 0. The van der Waals surface area contributed by atoms with Gasteiger partial charge in [-0.25, -0.2) is 9.37 Å². The van der Waals surface area contributed by atoms with Gasteiger partial charge in [-0.1, -0.05) is 5.10 Å². The minimum absolute atomic E-state index is 0.0476. The molecule has 0 saturated carbocycles. The van der Waals surface area contributed by atoms with Crippen LogP contribution in [0.15, 0.2) is 40.1 Å². The van der Waals surface area contributed by atoms with Gasteiger partial charge in [0.05, 0.1) is 10.7 Å². The van der Waals surface area contributed by atoms with Crippen molar-refractivity contribution in [2.45, 2.75) is 6.92 Å². The van der Waals surface area contributed by atoms with E-state index in [2.05, 4.69) is 30.7 Å². The summed E-state index contributed by atoms with van der Waals surface area (Å²) >= 11 is 1.46. The number of amides is 1. The van der Waals surface area contributed by atoms with E-state index in [0.717, 1.165) is 5.01 Å². The van der Waals surface area contributed by atoms with Gasteiger partial charge in [-0.3, -0.25) is 15.2 Å². The standard InChI is InChI=1S/C16H11FN6O2S/c1-8-18-13(7-26-8)15-22-23-16(25-15)19-14(24)12-6-11(20-21-12)9-2-4-10(17)5-3-9/h2-7H,1H3,(H,20,21)(H,19,23,24). The van der Waals surface area contributed by atoms with Crippen molar-refractivity contribution in [3.8, 4) is 22.8 Å². The van der Waals surface area contributed by atoms with Gasteiger partial charge in [0.15, 0.2) is 0 Å². The largest absolute Gasteiger partial charge is 0.401 e. The summed E-state index contributed by atoms with van der Waals surface area (Å²) in [5.74, 6) is -0.610. The Kier molecular flexibility index (Phi) is 4.01. The van der Waals surface area contributed by atoms with E-state index in [-0.39, 0.29) is 23.4 Å². The van der Waals surface area contributed by atoms with Gasteiger partial charge in [-0.05, 0) is 37.3 Å². The van der Waals surface area contributed by atoms with Gasteiger partial charge in [0, 0.05) is 10.9 Å². The number of anilines is 1. The molecule has 2 N–H and O–H groups in total. The number of nitrogens with one attached hydrogen (secondary N) is 2. The third-order valence-electron chi connectivity index (χ3n) is 3.45. The van der Waals surface area contributed by atoms with Crippen molar-refractivity contribution in [1.29, 1.82) is 0 Å². The first-order chi connectivity index (χ1) is 12.6. The average molecular weight is 370 g/mol. The van der Waals surface area contributed by atoms with Crippen molar-refractivity contribution in [1.82, 2.24) is 25.4 Å². The Hall–Kier alpha value is -3.40. The Morgan fingerprint density at radius 3 is 2.77 bits per heavy atom. The number of nitrogens with zero attached hydrogens (tertiary/aromatic N) is 4. The Balaban J connectivity index is 1.49. The molecule has 130 valence electrons. The molecule has 0 unspecified atom stereocenters. The average Bonchev–Trinajstić information content (AvgIpc) is 3.35. The summed E-state index contributed by atoms with van der Waals surface area (Å²) in [4.78, 5) is 16.5. The number of aromatic nitrogens is 5. The van der Waals surface area contributed by atoms with Gasteiger partial charge in [0.25, 0.3) is 11.8 Å². The maximum atomic E-state index is 13.0. The summed E-state index contributed by atoms with van der Waals surface area (Å²) in [5.41, 5.74) is 1.95. The molecular weight excluding hydrogens is 359 g/mol. The molecule has 0 aliphatic heterocycles. The van der Waals surface area contributed by atoms with E-state index in [0.29, 0.717) is 17.0 Å². The number of carbonyl (C=O) groups is 1. The number of hydrogen-bond acceptors (Lipinski definition) is 7. The molecule has 0 saturated heterocycles. The van der Waals surface area contributed by atoms with E-state index >= 15 is 0 Å². The van der Waals surface area contributed by atoms with Crippen LogP contribution < -0.4 is 5.32 Å². The van der Waals surface area contributed by atoms with Crippen LogP contribution in [-0.2, 0) is 0 Å². The number of aromatic amines is 1. The van der Waals surface area contributed by atoms with Crippen molar-refractivity contribution in [2.75, 3.05) is 5.32 Å². The van der Waals surface area contributed by atoms with Gasteiger partial charge in [0.2, 0.25) is 0 Å². The molecule has 0 bridgehead atoms. The summed E-state index contributed by atoms with van der Waals surface area (Å²) in [6.07, 6.45) is 0. The number of hydrogen-bond donors (Lipinski definition) is 2. The third-order valence-corrected chi connectivity index (χ3v) is 4.22. The molecule has 3 heterocycles. The van der Waals surface area contributed by atoms with Crippen LogP contribution in [0, 0.1) is 12.7 Å². The smallest absolute Gasteiger partial charge is 0.322 e.